The summed E-state index contributed by atoms with van der Waals surface area (Å²) in [6.45, 7) is 0.546. The van der Waals surface area contributed by atoms with Crippen LogP contribution in [0.15, 0.2) is 18.2 Å². The van der Waals surface area contributed by atoms with E-state index in [1.807, 2.05) is 0 Å². The van der Waals surface area contributed by atoms with E-state index in [1.54, 1.807) is 18.2 Å². The predicted molar refractivity (Wildman–Crippen MR) is 98.5 cm³/mol. The third kappa shape index (κ3) is 3.40. The molecule has 0 radical (unpaired) electrons. The highest BCUT2D eigenvalue weighted by Gasteiger charge is 2.44. The molecule has 3 N–H and O–H groups in total. The number of hydrogen-bond acceptors (Lipinski definition) is 6. The fourth-order valence-corrected chi connectivity index (χ4v) is 4.11. The number of rotatable bonds is 4. The molecule has 1 aromatic carbocycles. The van der Waals surface area contributed by atoms with Crippen LogP contribution in [0, 0.1) is 5.92 Å². The van der Waals surface area contributed by atoms with Crippen molar-refractivity contribution in [2.45, 2.75) is 50.6 Å². The molecule has 2 fully saturated rings. The Morgan fingerprint density at radius 2 is 1.71 bits per heavy atom. The van der Waals surface area contributed by atoms with Crippen LogP contribution in [0.3, 0.4) is 0 Å². The molecule has 4 amide bonds. The van der Waals surface area contributed by atoms with Gasteiger partial charge in [-0.3, -0.25) is 29.4 Å². The normalized spacial score (nSPS) is 27.6. The van der Waals surface area contributed by atoms with E-state index in [1.165, 1.54) is 0 Å². The third-order valence-corrected chi connectivity index (χ3v) is 5.79. The Morgan fingerprint density at radius 1 is 1.00 bits per heavy atom. The minimum Gasteiger partial charge on any atom is -0.493 e. The lowest BCUT2D eigenvalue weighted by Gasteiger charge is -2.27. The summed E-state index contributed by atoms with van der Waals surface area (Å²) in [5, 5.41) is 2.19. The number of carbonyl (C=O) groups excluding carboxylic acids is 4. The minimum atomic E-state index is -0.957. The van der Waals surface area contributed by atoms with Crippen molar-refractivity contribution < 1.29 is 23.9 Å². The predicted octanol–water partition coefficient (Wildman–Crippen LogP) is 0.984. The molecule has 0 aromatic heterocycles. The monoisotopic (exact) mass is 385 g/mol. The molecule has 1 aliphatic carbocycles. The number of nitrogens with two attached hydrogens (primary N) is 1. The molecule has 4 rings (SSSR count). The number of nitrogens with one attached hydrogen (secondary N) is 1. The van der Waals surface area contributed by atoms with Crippen molar-refractivity contribution in [2.75, 3.05) is 6.61 Å². The van der Waals surface area contributed by atoms with Crippen LogP contribution in [0.1, 0.15) is 59.2 Å². The van der Waals surface area contributed by atoms with Gasteiger partial charge in [-0.15, -0.1) is 0 Å². The van der Waals surface area contributed by atoms with Gasteiger partial charge in [0.2, 0.25) is 11.8 Å². The van der Waals surface area contributed by atoms with Gasteiger partial charge < -0.3 is 10.5 Å². The minimum absolute atomic E-state index is 0.100. The molecule has 148 valence electrons. The van der Waals surface area contributed by atoms with Gasteiger partial charge in [0.1, 0.15) is 11.8 Å². The average molecular weight is 385 g/mol. The van der Waals surface area contributed by atoms with Gasteiger partial charge in [0, 0.05) is 12.5 Å². The number of imide groups is 2. The molecule has 28 heavy (non-hydrogen) atoms. The van der Waals surface area contributed by atoms with E-state index in [2.05, 4.69) is 5.32 Å². The van der Waals surface area contributed by atoms with Crippen molar-refractivity contribution in [3.8, 4) is 5.75 Å². The Hall–Kier alpha value is -2.74. The van der Waals surface area contributed by atoms with Gasteiger partial charge >= 0.3 is 0 Å². The zero-order valence-electron chi connectivity index (χ0n) is 15.5. The third-order valence-electron chi connectivity index (χ3n) is 5.79. The zero-order chi connectivity index (χ0) is 19.8. The van der Waals surface area contributed by atoms with Crippen molar-refractivity contribution >= 4 is 23.6 Å². The van der Waals surface area contributed by atoms with E-state index < -0.39 is 29.7 Å². The molecule has 1 saturated carbocycles. The van der Waals surface area contributed by atoms with Crippen molar-refractivity contribution in [3.05, 3.63) is 29.3 Å². The van der Waals surface area contributed by atoms with Gasteiger partial charge in [-0.25, -0.2) is 0 Å². The molecule has 2 aliphatic heterocycles. The summed E-state index contributed by atoms with van der Waals surface area (Å²) in [6.07, 6.45) is 4.27. The molecule has 1 unspecified atom stereocenters. The molecular weight excluding hydrogens is 362 g/mol. The first kappa shape index (κ1) is 18.6. The van der Waals surface area contributed by atoms with E-state index in [0.717, 1.165) is 30.6 Å². The van der Waals surface area contributed by atoms with E-state index in [9.17, 15) is 19.2 Å². The summed E-state index contributed by atoms with van der Waals surface area (Å²) in [5.41, 5.74) is 6.41. The second-order valence-corrected chi connectivity index (χ2v) is 7.75. The van der Waals surface area contributed by atoms with E-state index in [0.29, 0.717) is 18.3 Å². The highest BCUT2D eigenvalue weighted by atomic mass is 16.5. The van der Waals surface area contributed by atoms with Crippen LogP contribution in [-0.4, -0.2) is 47.2 Å². The number of ether oxygens (including phenoxy) is 1. The van der Waals surface area contributed by atoms with Crippen LogP contribution in [0.2, 0.25) is 0 Å². The summed E-state index contributed by atoms with van der Waals surface area (Å²) in [5.74, 6) is -1.08. The Balaban J connectivity index is 1.46. The smallest absolute Gasteiger partial charge is 0.262 e. The number of benzene rings is 1. The SMILES string of the molecule is NC1CCC(COc2ccc3c(c2)C(=O)N(C2CCC(=O)NC2=O)C3=O)CC1. The Morgan fingerprint density at radius 3 is 2.43 bits per heavy atom. The highest BCUT2D eigenvalue weighted by molar-refractivity contribution is 6.23. The highest BCUT2D eigenvalue weighted by Crippen LogP contribution is 2.31. The summed E-state index contributed by atoms with van der Waals surface area (Å²) >= 11 is 0. The standard InChI is InChI=1S/C20H23N3O5/c21-12-3-1-11(2-4-12)10-28-13-5-6-14-15(9-13)20(27)23(19(14)26)16-7-8-17(24)22-18(16)25/h5-6,9,11-12,16H,1-4,7-8,10,21H2,(H,22,24,25). The molecule has 1 atom stereocenters. The lowest BCUT2D eigenvalue weighted by Crippen LogP contribution is -2.54. The maximum atomic E-state index is 12.8. The number of nitrogens with zero attached hydrogens (tertiary/aromatic N) is 1. The summed E-state index contributed by atoms with van der Waals surface area (Å²) < 4.78 is 5.86. The lowest BCUT2D eigenvalue weighted by molar-refractivity contribution is -0.136. The van der Waals surface area contributed by atoms with Crippen molar-refractivity contribution in [2.24, 2.45) is 11.7 Å². The van der Waals surface area contributed by atoms with Crippen LogP contribution >= 0.6 is 0 Å². The second kappa shape index (κ2) is 7.35. The molecule has 2 heterocycles. The first-order valence-corrected chi connectivity index (χ1v) is 9.68. The summed E-state index contributed by atoms with van der Waals surface area (Å²) in [7, 11) is 0. The van der Waals surface area contributed by atoms with Crippen molar-refractivity contribution in [1.29, 1.82) is 0 Å². The maximum absolute atomic E-state index is 12.8. The Bertz CT molecular complexity index is 844. The molecule has 1 saturated heterocycles. The van der Waals surface area contributed by atoms with E-state index in [-0.39, 0.29) is 30.0 Å². The molecule has 8 heteroatoms. The number of hydrogen-bond donors (Lipinski definition) is 2. The quantitative estimate of drug-likeness (QED) is 0.746. The van der Waals surface area contributed by atoms with Crippen LogP contribution in [0.25, 0.3) is 0 Å². The van der Waals surface area contributed by atoms with E-state index in [4.69, 9.17) is 10.5 Å². The fraction of sp³-hybridized carbons (Fsp3) is 0.500. The first-order chi connectivity index (χ1) is 13.4. The van der Waals surface area contributed by atoms with Crippen LogP contribution in [0.4, 0.5) is 0 Å². The molecule has 8 nitrogen and oxygen atoms in total. The van der Waals surface area contributed by atoms with E-state index >= 15 is 0 Å². The number of fused-ring (bicyclic) bond motifs is 1. The molecular formula is C20H23N3O5. The average Bonchev–Trinajstić information content (AvgIpc) is 2.92. The second-order valence-electron chi connectivity index (χ2n) is 7.75. The Kier molecular flexibility index (Phi) is 4.89. The number of amides is 4. The molecule has 0 spiro atoms. The Labute approximate surface area is 162 Å². The van der Waals surface area contributed by atoms with Gasteiger partial charge in [0.25, 0.3) is 11.8 Å². The van der Waals surface area contributed by atoms with Crippen molar-refractivity contribution in [3.63, 3.8) is 0 Å². The molecule has 3 aliphatic rings. The largest absolute Gasteiger partial charge is 0.493 e. The zero-order valence-corrected chi connectivity index (χ0v) is 15.5. The maximum Gasteiger partial charge on any atom is 0.262 e. The van der Waals surface area contributed by atoms with Crippen molar-refractivity contribution in [1.82, 2.24) is 10.2 Å². The van der Waals surface area contributed by atoms with Crippen LogP contribution in [0.5, 0.6) is 5.75 Å². The first-order valence-electron chi connectivity index (χ1n) is 9.68. The fourth-order valence-electron chi connectivity index (χ4n) is 4.11. The summed E-state index contributed by atoms with van der Waals surface area (Å²) in [6, 6.07) is 4.12. The van der Waals surface area contributed by atoms with Gasteiger partial charge in [0.05, 0.1) is 17.7 Å². The summed E-state index contributed by atoms with van der Waals surface area (Å²) in [4.78, 5) is 49.9. The van der Waals surface area contributed by atoms with Gasteiger partial charge in [-0.1, -0.05) is 0 Å². The van der Waals surface area contributed by atoms with Gasteiger partial charge in [-0.05, 0) is 56.2 Å². The molecule has 1 aromatic rings. The van der Waals surface area contributed by atoms with Gasteiger partial charge in [0.15, 0.2) is 0 Å². The molecule has 0 bridgehead atoms. The number of carbonyl (C=O) groups is 4. The topological polar surface area (TPSA) is 119 Å². The van der Waals surface area contributed by atoms with Crippen LogP contribution in [-0.2, 0) is 9.59 Å². The van der Waals surface area contributed by atoms with Crippen LogP contribution < -0.4 is 15.8 Å². The van der Waals surface area contributed by atoms with Gasteiger partial charge in [-0.2, -0.15) is 0 Å². The number of piperidine rings is 1. The lowest BCUT2D eigenvalue weighted by atomic mass is 9.87.